The number of amides is 1. The van der Waals surface area contributed by atoms with Crippen molar-refractivity contribution in [3.63, 3.8) is 0 Å². The summed E-state index contributed by atoms with van der Waals surface area (Å²) in [5.41, 5.74) is 6.42. The van der Waals surface area contributed by atoms with Crippen LogP contribution in [0, 0.1) is 0 Å². The minimum Gasteiger partial charge on any atom is -0.492 e. The summed E-state index contributed by atoms with van der Waals surface area (Å²) >= 11 is 5.01. The van der Waals surface area contributed by atoms with Crippen molar-refractivity contribution in [3.05, 3.63) is 29.8 Å². The van der Waals surface area contributed by atoms with E-state index in [9.17, 15) is 4.79 Å². The SMILES string of the molecule is CNC(=O)C1CCCN1CCOc1ccccc1C(N)=S. The number of ether oxygens (including phenoxy) is 1. The van der Waals surface area contributed by atoms with Gasteiger partial charge in [-0.05, 0) is 31.5 Å². The molecule has 1 saturated heterocycles. The Kier molecular flexibility index (Phi) is 5.52. The highest BCUT2D eigenvalue weighted by Crippen LogP contribution is 2.19. The zero-order valence-corrected chi connectivity index (χ0v) is 13.0. The number of nitrogens with one attached hydrogen (secondary N) is 1. The Balaban J connectivity index is 1.90. The number of hydrogen-bond donors (Lipinski definition) is 2. The molecule has 2 rings (SSSR count). The van der Waals surface area contributed by atoms with Gasteiger partial charge in [0.05, 0.1) is 11.6 Å². The van der Waals surface area contributed by atoms with Crippen LogP contribution in [0.4, 0.5) is 0 Å². The van der Waals surface area contributed by atoms with Crippen molar-refractivity contribution in [3.8, 4) is 5.75 Å². The fraction of sp³-hybridized carbons (Fsp3) is 0.467. The van der Waals surface area contributed by atoms with Crippen molar-refractivity contribution in [1.29, 1.82) is 0 Å². The lowest BCUT2D eigenvalue weighted by Crippen LogP contribution is -2.43. The fourth-order valence-corrected chi connectivity index (χ4v) is 2.79. The van der Waals surface area contributed by atoms with Gasteiger partial charge in [-0.25, -0.2) is 0 Å². The maximum Gasteiger partial charge on any atom is 0.237 e. The molecule has 1 amide bonds. The first-order chi connectivity index (χ1) is 10.1. The highest BCUT2D eigenvalue weighted by molar-refractivity contribution is 7.80. The molecule has 21 heavy (non-hydrogen) atoms. The van der Waals surface area contributed by atoms with E-state index in [1.54, 1.807) is 7.05 Å². The van der Waals surface area contributed by atoms with Gasteiger partial charge in [-0.1, -0.05) is 24.4 Å². The van der Waals surface area contributed by atoms with Gasteiger partial charge in [-0.15, -0.1) is 0 Å². The molecule has 0 aliphatic carbocycles. The van der Waals surface area contributed by atoms with Crippen LogP contribution in [0.5, 0.6) is 5.75 Å². The van der Waals surface area contributed by atoms with Crippen molar-refractivity contribution >= 4 is 23.1 Å². The van der Waals surface area contributed by atoms with Gasteiger partial charge >= 0.3 is 0 Å². The van der Waals surface area contributed by atoms with Crippen molar-refractivity contribution in [1.82, 2.24) is 10.2 Å². The number of likely N-dealkylation sites (N-methyl/N-ethyl adjacent to an activating group) is 1. The van der Waals surface area contributed by atoms with Crippen molar-refractivity contribution in [2.45, 2.75) is 18.9 Å². The normalized spacial score (nSPS) is 18.4. The second-order valence-corrected chi connectivity index (χ2v) is 5.46. The second kappa shape index (κ2) is 7.38. The first-order valence-corrected chi connectivity index (χ1v) is 7.51. The van der Waals surface area contributed by atoms with Crippen LogP contribution in [0.15, 0.2) is 24.3 Å². The van der Waals surface area contributed by atoms with Crippen LogP contribution in [0.2, 0.25) is 0 Å². The van der Waals surface area contributed by atoms with E-state index in [1.807, 2.05) is 24.3 Å². The quantitative estimate of drug-likeness (QED) is 0.765. The van der Waals surface area contributed by atoms with Gasteiger partial charge in [0.1, 0.15) is 17.3 Å². The molecule has 0 spiro atoms. The minimum atomic E-state index is -0.0376. The lowest BCUT2D eigenvalue weighted by atomic mass is 10.2. The van der Waals surface area contributed by atoms with Crippen LogP contribution < -0.4 is 15.8 Å². The van der Waals surface area contributed by atoms with Gasteiger partial charge < -0.3 is 15.8 Å². The monoisotopic (exact) mass is 307 g/mol. The molecule has 0 bridgehead atoms. The third kappa shape index (κ3) is 3.92. The van der Waals surface area contributed by atoms with Crippen LogP contribution in [0.1, 0.15) is 18.4 Å². The molecule has 1 aliphatic heterocycles. The molecule has 6 heteroatoms. The van der Waals surface area contributed by atoms with Gasteiger partial charge in [0.15, 0.2) is 0 Å². The summed E-state index contributed by atoms with van der Waals surface area (Å²) < 4.78 is 5.78. The maximum atomic E-state index is 11.8. The highest BCUT2D eigenvalue weighted by Gasteiger charge is 2.29. The number of rotatable bonds is 6. The Morgan fingerprint density at radius 1 is 1.52 bits per heavy atom. The maximum absolute atomic E-state index is 11.8. The molecule has 1 heterocycles. The Labute approximate surface area is 130 Å². The zero-order valence-electron chi connectivity index (χ0n) is 12.2. The fourth-order valence-electron chi connectivity index (χ4n) is 2.63. The molecular formula is C15H21N3O2S. The Morgan fingerprint density at radius 3 is 3.00 bits per heavy atom. The minimum absolute atomic E-state index is 0.0376. The smallest absolute Gasteiger partial charge is 0.237 e. The number of thiocarbonyl (C=S) groups is 1. The van der Waals surface area contributed by atoms with Crippen LogP contribution in [0.3, 0.4) is 0 Å². The molecule has 5 nitrogen and oxygen atoms in total. The third-order valence-electron chi connectivity index (χ3n) is 3.70. The van der Waals surface area contributed by atoms with Crippen LogP contribution >= 0.6 is 12.2 Å². The number of benzene rings is 1. The number of nitrogens with zero attached hydrogens (tertiary/aromatic N) is 1. The number of hydrogen-bond acceptors (Lipinski definition) is 4. The predicted octanol–water partition coefficient (Wildman–Crippen LogP) is 0.910. The third-order valence-corrected chi connectivity index (χ3v) is 3.92. The van der Waals surface area contributed by atoms with E-state index in [0.717, 1.165) is 24.9 Å². The van der Waals surface area contributed by atoms with E-state index in [-0.39, 0.29) is 11.9 Å². The molecule has 0 radical (unpaired) electrons. The molecule has 3 N–H and O–H groups in total. The summed E-state index contributed by atoms with van der Waals surface area (Å²) in [5.74, 6) is 0.775. The number of carbonyl (C=O) groups is 1. The first-order valence-electron chi connectivity index (χ1n) is 7.10. The lowest BCUT2D eigenvalue weighted by molar-refractivity contribution is -0.125. The molecule has 1 aromatic carbocycles. The van der Waals surface area contributed by atoms with Gasteiger partial charge in [-0.3, -0.25) is 9.69 Å². The highest BCUT2D eigenvalue weighted by atomic mass is 32.1. The van der Waals surface area contributed by atoms with Gasteiger partial charge in [0, 0.05) is 13.6 Å². The van der Waals surface area contributed by atoms with Crippen LogP contribution in [0.25, 0.3) is 0 Å². The summed E-state index contributed by atoms with van der Waals surface area (Å²) in [5, 5.41) is 2.71. The molecule has 1 atom stereocenters. The molecule has 1 fully saturated rings. The van der Waals surface area contributed by atoms with Gasteiger partial charge in [0.25, 0.3) is 0 Å². The predicted molar refractivity (Wildman–Crippen MR) is 86.5 cm³/mol. The van der Waals surface area contributed by atoms with E-state index in [4.69, 9.17) is 22.7 Å². The van der Waals surface area contributed by atoms with E-state index in [0.29, 0.717) is 23.9 Å². The van der Waals surface area contributed by atoms with Crippen molar-refractivity contribution in [2.75, 3.05) is 26.7 Å². The number of nitrogens with two attached hydrogens (primary N) is 1. The van der Waals surface area contributed by atoms with E-state index in [1.165, 1.54) is 0 Å². The molecular weight excluding hydrogens is 286 g/mol. The largest absolute Gasteiger partial charge is 0.492 e. The summed E-state index contributed by atoms with van der Waals surface area (Å²) in [6.45, 7) is 2.15. The zero-order chi connectivity index (χ0) is 15.2. The van der Waals surface area contributed by atoms with E-state index < -0.39 is 0 Å². The molecule has 1 aliphatic rings. The van der Waals surface area contributed by atoms with Gasteiger partial charge in [-0.2, -0.15) is 0 Å². The molecule has 0 aromatic heterocycles. The molecule has 114 valence electrons. The van der Waals surface area contributed by atoms with Crippen LogP contribution in [-0.2, 0) is 4.79 Å². The van der Waals surface area contributed by atoms with E-state index >= 15 is 0 Å². The van der Waals surface area contributed by atoms with Crippen LogP contribution in [-0.4, -0.2) is 48.6 Å². The van der Waals surface area contributed by atoms with Crippen molar-refractivity contribution < 1.29 is 9.53 Å². The Morgan fingerprint density at radius 2 is 2.29 bits per heavy atom. The number of likely N-dealkylation sites (tertiary alicyclic amines) is 1. The number of para-hydroxylation sites is 1. The Bertz CT molecular complexity index is 521. The second-order valence-electron chi connectivity index (χ2n) is 5.02. The summed E-state index contributed by atoms with van der Waals surface area (Å²) in [6.07, 6.45) is 1.95. The topological polar surface area (TPSA) is 67.6 Å². The summed E-state index contributed by atoms with van der Waals surface area (Å²) in [6, 6.07) is 7.43. The number of carbonyl (C=O) groups excluding carboxylic acids is 1. The van der Waals surface area contributed by atoms with E-state index in [2.05, 4.69) is 10.2 Å². The van der Waals surface area contributed by atoms with Gasteiger partial charge in [0.2, 0.25) is 5.91 Å². The first kappa shape index (κ1) is 15.7. The summed E-state index contributed by atoms with van der Waals surface area (Å²) in [7, 11) is 1.67. The average molecular weight is 307 g/mol. The Hall–Kier alpha value is -1.66. The standard InChI is InChI=1S/C15H21N3O2S/c1-17-15(19)12-6-4-8-18(12)9-10-20-13-7-3-2-5-11(13)14(16)21/h2-3,5,7,12H,4,6,8-10H2,1H3,(H2,16,21)(H,17,19). The summed E-state index contributed by atoms with van der Waals surface area (Å²) in [4.78, 5) is 14.3. The average Bonchev–Trinajstić information content (AvgIpc) is 2.95. The lowest BCUT2D eigenvalue weighted by Gasteiger charge is -2.23. The van der Waals surface area contributed by atoms with Crippen molar-refractivity contribution in [2.24, 2.45) is 5.73 Å². The molecule has 1 aromatic rings. The molecule has 1 unspecified atom stereocenters. The molecule has 0 saturated carbocycles.